The van der Waals surface area contributed by atoms with E-state index >= 15 is 0 Å². The van der Waals surface area contributed by atoms with Crippen LogP contribution >= 0.6 is 0 Å². The lowest BCUT2D eigenvalue weighted by atomic mass is 10.1. The summed E-state index contributed by atoms with van der Waals surface area (Å²) < 4.78 is 0. The summed E-state index contributed by atoms with van der Waals surface area (Å²) in [6.07, 6.45) is 3.10. The summed E-state index contributed by atoms with van der Waals surface area (Å²) >= 11 is 0. The second kappa shape index (κ2) is 6.78. The Balaban J connectivity index is 2.36. The minimum atomic E-state index is -0.444. The smallest absolute Gasteiger partial charge is 0.269 e. The molecule has 0 aromatic carbocycles. The van der Waals surface area contributed by atoms with Crippen molar-refractivity contribution in [2.75, 3.05) is 19.6 Å². The van der Waals surface area contributed by atoms with Gasteiger partial charge in [-0.05, 0) is 19.3 Å². The molecule has 1 saturated heterocycles. The molecule has 1 aliphatic rings. The van der Waals surface area contributed by atoms with Gasteiger partial charge in [-0.1, -0.05) is 6.58 Å². The Kier molecular flexibility index (Phi) is 5.35. The zero-order chi connectivity index (χ0) is 13.5. The predicted octanol–water partition coefficient (Wildman–Crippen LogP) is -0.235. The normalized spacial score (nSPS) is 14.8. The maximum Gasteiger partial charge on any atom is 0.269 e. The quantitative estimate of drug-likeness (QED) is 0.679. The van der Waals surface area contributed by atoms with Gasteiger partial charge in [0.2, 0.25) is 11.8 Å². The molecule has 1 heterocycles. The molecule has 0 saturated carbocycles. The van der Waals surface area contributed by atoms with Gasteiger partial charge in [-0.2, -0.15) is 0 Å². The maximum atomic E-state index is 11.9. The fraction of sp³-hybridized carbons (Fsp3) is 0.583. The minimum Gasteiger partial charge on any atom is -0.347 e. The van der Waals surface area contributed by atoms with Crippen LogP contribution in [0.1, 0.15) is 26.2 Å². The van der Waals surface area contributed by atoms with Crippen LogP contribution in [0, 0.1) is 0 Å². The fourth-order valence-corrected chi connectivity index (χ4v) is 1.76. The molecule has 18 heavy (non-hydrogen) atoms. The van der Waals surface area contributed by atoms with Crippen LogP contribution in [-0.4, -0.2) is 42.3 Å². The maximum absolute atomic E-state index is 11.9. The van der Waals surface area contributed by atoms with E-state index in [0.717, 1.165) is 19.3 Å². The molecule has 0 aliphatic carbocycles. The highest BCUT2D eigenvalue weighted by Gasteiger charge is 2.20. The van der Waals surface area contributed by atoms with E-state index in [0.29, 0.717) is 13.1 Å². The number of hydrogen-bond donors (Lipinski definition) is 2. The summed E-state index contributed by atoms with van der Waals surface area (Å²) in [6, 6.07) is 0. The number of likely N-dealkylation sites (tertiary alicyclic amines) is 1. The summed E-state index contributed by atoms with van der Waals surface area (Å²) in [7, 11) is 0. The third kappa shape index (κ3) is 4.57. The van der Waals surface area contributed by atoms with Crippen molar-refractivity contribution in [3.8, 4) is 0 Å². The van der Waals surface area contributed by atoms with E-state index in [1.807, 2.05) is 0 Å². The predicted molar refractivity (Wildman–Crippen MR) is 66.4 cm³/mol. The Hall–Kier alpha value is -1.85. The van der Waals surface area contributed by atoms with Gasteiger partial charge in [-0.25, -0.2) is 0 Å². The van der Waals surface area contributed by atoms with Gasteiger partial charge in [0, 0.05) is 20.0 Å². The van der Waals surface area contributed by atoms with Crippen molar-refractivity contribution in [2.45, 2.75) is 26.2 Å². The highest BCUT2D eigenvalue weighted by atomic mass is 16.2. The van der Waals surface area contributed by atoms with Gasteiger partial charge < -0.3 is 15.5 Å². The van der Waals surface area contributed by atoms with Crippen LogP contribution in [-0.2, 0) is 14.4 Å². The Bertz CT molecular complexity index is 360. The first kappa shape index (κ1) is 14.2. The summed E-state index contributed by atoms with van der Waals surface area (Å²) in [5, 5.41) is 4.75. The van der Waals surface area contributed by atoms with Crippen LogP contribution in [0.5, 0.6) is 0 Å². The van der Waals surface area contributed by atoms with Crippen molar-refractivity contribution in [1.82, 2.24) is 15.5 Å². The SMILES string of the molecule is C=C(NC(=O)CNC(C)=O)C(=O)N1CCCCC1. The first-order chi connectivity index (χ1) is 8.50. The molecule has 0 radical (unpaired) electrons. The van der Waals surface area contributed by atoms with Crippen LogP contribution in [0.3, 0.4) is 0 Å². The lowest BCUT2D eigenvalue weighted by Crippen LogP contribution is -2.43. The van der Waals surface area contributed by atoms with Crippen molar-refractivity contribution < 1.29 is 14.4 Å². The van der Waals surface area contributed by atoms with Gasteiger partial charge in [-0.3, -0.25) is 14.4 Å². The van der Waals surface area contributed by atoms with Gasteiger partial charge >= 0.3 is 0 Å². The average Bonchev–Trinajstić information content (AvgIpc) is 2.36. The average molecular weight is 253 g/mol. The second-order valence-corrected chi connectivity index (χ2v) is 4.29. The first-order valence-electron chi connectivity index (χ1n) is 6.03. The Morgan fingerprint density at radius 3 is 2.33 bits per heavy atom. The minimum absolute atomic E-state index is 0.0623. The van der Waals surface area contributed by atoms with E-state index in [4.69, 9.17) is 0 Å². The summed E-state index contributed by atoms with van der Waals surface area (Å²) in [5.41, 5.74) is 0.0623. The fourth-order valence-electron chi connectivity index (χ4n) is 1.76. The van der Waals surface area contributed by atoms with Crippen molar-refractivity contribution in [2.24, 2.45) is 0 Å². The molecule has 100 valence electrons. The highest BCUT2D eigenvalue weighted by molar-refractivity contribution is 5.97. The van der Waals surface area contributed by atoms with Crippen LogP contribution in [0.15, 0.2) is 12.3 Å². The molecule has 0 unspecified atom stereocenters. The molecule has 6 nitrogen and oxygen atoms in total. The van der Waals surface area contributed by atoms with E-state index in [9.17, 15) is 14.4 Å². The van der Waals surface area contributed by atoms with Gasteiger partial charge in [0.15, 0.2) is 0 Å². The van der Waals surface area contributed by atoms with Gasteiger partial charge in [-0.15, -0.1) is 0 Å². The summed E-state index contributed by atoms with van der Waals surface area (Å²) in [5.74, 6) is -0.982. The van der Waals surface area contributed by atoms with Crippen molar-refractivity contribution in [3.63, 3.8) is 0 Å². The molecule has 6 heteroatoms. The standard InChI is InChI=1S/C12H19N3O3/c1-9(14-11(17)8-13-10(2)16)12(18)15-6-4-3-5-7-15/h1,3-8H2,2H3,(H,13,16)(H,14,17). The van der Waals surface area contributed by atoms with Gasteiger partial charge in [0.25, 0.3) is 5.91 Å². The van der Waals surface area contributed by atoms with E-state index in [-0.39, 0.29) is 24.1 Å². The molecule has 0 bridgehead atoms. The van der Waals surface area contributed by atoms with E-state index in [1.54, 1.807) is 4.90 Å². The zero-order valence-corrected chi connectivity index (χ0v) is 10.6. The monoisotopic (exact) mass is 253 g/mol. The number of carbonyl (C=O) groups excluding carboxylic acids is 3. The molecule has 1 rings (SSSR count). The largest absolute Gasteiger partial charge is 0.347 e. The third-order valence-corrected chi connectivity index (χ3v) is 2.69. The Morgan fingerprint density at radius 1 is 1.17 bits per heavy atom. The molecule has 0 atom stereocenters. The highest BCUT2D eigenvalue weighted by Crippen LogP contribution is 2.10. The van der Waals surface area contributed by atoms with Crippen molar-refractivity contribution in [1.29, 1.82) is 0 Å². The Morgan fingerprint density at radius 2 is 1.78 bits per heavy atom. The first-order valence-corrected chi connectivity index (χ1v) is 6.03. The third-order valence-electron chi connectivity index (χ3n) is 2.69. The second-order valence-electron chi connectivity index (χ2n) is 4.29. The molecule has 0 spiro atoms. The zero-order valence-electron chi connectivity index (χ0n) is 10.6. The summed E-state index contributed by atoms with van der Waals surface area (Å²) in [6.45, 7) is 6.15. The van der Waals surface area contributed by atoms with E-state index in [1.165, 1.54) is 6.92 Å². The van der Waals surface area contributed by atoms with Crippen molar-refractivity contribution in [3.05, 3.63) is 12.3 Å². The number of hydrogen-bond acceptors (Lipinski definition) is 3. The van der Waals surface area contributed by atoms with E-state index < -0.39 is 5.91 Å². The van der Waals surface area contributed by atoms with Crippen molar-refractivity contribution >= 4 is 17.7 Å². The molecule has 1 fully saturated rings. The molecule has 0 aromatic rings. The number of amides is 3. The number of nitrogens with one attached hydrogen (secondary N) is 2. The molecule has 0 aromatic heterocycles. The van der Waals surface area contributed by atoms with Crippen LogP contribution < -0.4 is 10.6 Å². The number of nitrogens with zero attached hydrogens (tertiary/aromatic N) is 1. The Labute approximate surface area is 106 Å². The van der Waals surface area contributed by atoms with Gasteiger partial charge in [0.1, 0.15) is 0 Å². The lowest BCUT2D eigenvalue weighted by Gasteiger charge is -2.27. The van der Waals surface area contributed by atoms with Crippen LogP contribution in [0.4, 0.5) is 0 Å². The number of piperidine rings is 1. The molecule has 3 amide bonds. The van der Waals surface area contributed by atoms with Crippen LogP contribution in [0.25, 0.3) is 0 Å². The molecule has 1 aliphatic heterocycles. The van der Waals surface area contributed by atoms with Crippen LogP contribution in [0.2, 0.25) is 0 Å². The molecular weight excluding hydrogens is 234 g/mol. The topological polar surface area (TPSA) is 78.5 Å². The molecular formula is C12H19N3O3. The molecule has 2 N–H and O–H groups in total. The number of carbonyl (C=O) groups is 3. The van der Waals surface area contributed by atoms with E-state index in [2.05, 4.69) is 17.2 Å². The lowest BCUT2D eigenvalue weighted by molar-refractivity contribution is -0.130. The summed E-state index contributed by atoms with van der Waals surface area (Å²) in [4.78, 5) is 35.6. The number of rotatable bonds is 4. The van der Waals surface area contributed by atoms with Gasteiger partial charge in [0.05, 0.1) is 12.2 Å².